The summed E-state index contributed by atoms with van der Waals surface area (Å²) in [6, 6.07) is 22.5. The van der Waals surface area contributed by atoms with Crippen LogP contribution >= 0.6 is 0 Å². The summed E-state index contributed by atoms with van der Waals surface area (Å²) in [6.07, 6.45) is -0.522. The lowest BCUT2D eigenvalue weighted by molar-refractivity contribution is 0.0778. The lowest BCUT2D eigenvalue weighted by Crippen LogP contribution is -2.31. The van der Waals surface area contributed by atoms with E-state index >= 15 is 0 Å². The minimum Gasteiger partial charge on any atom is -0.491 e. The van der Waals surface area contributed by atoms with Crippen LogP contribution in [0.5, 0.6) is 5.75 Å². The molecule has 4 rings (SSSR count). The maximum atomic E-state index is 10.5. The van der Waals surface area contributed by atoms with Crippen LogP contribution < -0.4 is 4.74 Å². The van der Waals surface area contributed by atoms with Crippen LogP contribution in [0.2, 0.25) is 0 Å². The molecule has 21 heavy (non-hydrogen) atoms. The van der Waals surface area contributed by atoms with E-state index in [9.17, 15) is 5.11 Å². The number of hydrogen-bond donors (Lipinski definition) is 1. The summed E-state index contributed by atoms with van der Waals surface area (Å²) in [6.45, 7) is 0.338. The van der Waals surface area contributed by atoms with Gasteiger partial charge in [-0.3, -0.25) is 0 Å². The van der Waals surface area contributed by atoms with Crippen LogP contribution in [0.15, 0.2) is 66.7 Å². The maximum Gasteiger partial charge on any atom is 0.123 e. The Morgan fingerprint density at radius 3 is 2.48 bits per heavy atom. The van der Waals surface area contributed by atoms with Gasteiger partial charge in [0.2, 0.25) is 0 Å². The van der Waals surface area contributed by atoms with Crippen LogP contribution in [-0.4, -0.2) is 17.8 Å². The fourth-order valence-corrected chi connectivity index (χ4v) is 3.24. The second-order valence-electron chi connectivity index (χ2n) is 5.47. The lowest BCUT2D eigenvalue weighted by Gasteiger charge is -2.32. The number of hydrogen-bond acceptors (Lipinski definition) is 2. The fourth-order valence-electron chi connectivity index (χ4n) is 3.24. The zero-order valence-electron chi connectivity index (χ0n) is 11.6. The molecular weight excluding hydrogens is 260 g/mol. The smallest absolute Gasteiger partial charge is 0.123 e. The van der Waals surface area contributed by atoms with E-state index in [1.165, 1.54) is 5.39 Å². The second-order valence-corrected chi connectivity index (χ2v) is 5.47. The predicted octanol–water partition coefficient (Wildman–Crippen LogP) is 3.73. The van der Waals surface area contributed by atoms with Crippen molar-refractivity contribution in [3.05, 3.63) is 77.9 Å². The van der Waals surface area contributed by atoms with Crippen LogP contribution in [0, 0.1) is 0 Å². The first kappa shape index (κ1) is 12.4. The van der Waals surface area contributed by atoms with Crippen molar-refractivity contribution in [1.82, 2.24) is 0 Å². The van der Waals surface area contributed by atoms with Gasteiger partial charge in [0.05, 0.1) is 6.10 Å². The predicted molar refractivity (Wildman–Crippen MR) is 83.7 cm³/mol. The van der Waals surface area contributed by atoms with Crippen molar-refractivity contribution in [2.24, 2.45) is 0 Å². The Morgan fingerprint density at radius 2 is 1.62 bits per heavy atom. The minimum absolute atomic E-state index is 0.0407. The van der Waals surface area contributed by atoms with Gasteiger partial charge in [0.25, 0.3) is 0 Å². The van der Waals surface area contributed by atoms with Crippen molar-refractivity contribution < 1.29 is 9.84 Å². The Bertz CT molecular complexity index is 780. The monoisotopic (exact) mass is 276 g/mol. The van der Waals surface area contributed by atoms with Crippen molar-refractivity contribution in [3.63, 3.8) is 0 Å². The summed E-state index contributed by atoms with van der Waals surface area (Å²) in [4.78, 5) is 0. The quantitative estimate of drug-likeness (QED) is 0.734. The molecule has 2 atom stereocenters. The summed E-state index contributed by atoms with van der Waals surface area (Å²) in [5.74, 6) is 0.842. The largest absolute Gasteiger partial charge is 0.491 e. The van der Waals surface area contributed by atoms with Gasteiger partial charge in [-0.15, -0.1) is 0 Å². The highest BCUT2D eigenvalue weighted by Crippen LogP contribution is 2.42. The van der Waals surface area contributed by atoms with Crippen LogP contribution in [-0.2, 0) is 0 Å². The molecule has 0 spiro atoms. The molecule has 1 aliphatic rings. The molecule has 104 valence electrons. The van der Waals surface area contributed by atoms with Gasteiger partial charge in [-0.1, -0.05) is 60.7 Å². The molecule has 3 aromatic carbocycles. The first-order chi connectivity index (χ1) is 10.3. The highest BCUT2D eigenvalue weighted by molar-refractivity contribution is 5.89. The van der Waals surface area contributed by atoms with Gasteiger partial charge >= 0.3 is 0 Å². The molecule has 0 radical (unpaired) electrons. The van der Waals surface area contributed by atoms with Gasteiger partial charge in [-0.05, 0) is 22.4 Å². The Morgan fingerprint density at radius 1 is 0.857 bits per heavy atom. The van der Waals surface area contributed by atoms with E-state index in [1.54, 1.807) is 0 Å². The molecule has 0 unspecified atom stereocenters. The summed E-state index contributed by atoms with van der Waals surface area (Å²) >= 11 is 0. The SMILES string of the molecule is O[C@@H]1COc2ccc3ccccc3c2[C@H]1c1ccccc1. The number of benzene rings is 3. The molecule has 1 N–H and O–H groups in total. The van der Waals surface area contributed by atoms with Gasteiger partial charge in [-0.25, -0.2) is 0 Å². The first-order valence-electron chi connectivity index (χ1n) is 7.22. The minimum atomic E-state index is -0.522. The molecule has 3 aromatic rings. The number of aliphatic hydroxyl groups is 1. The molecule has 1 aliphatic heterocycles. The van der Waals surface area contributed by atoms with E-state index in [2.05, 4.69) is 30.3 Å². The van der Waals surface area contributed by atoms with Crippen molar-refractivity contribution in [1.29, 1.82) is 0 Å². The Labute approximate surface area is 123 Å². The molecule has 0 aliphatic carbocycles. The van der Waals surface area contributed by atoms with Crippen molar-refractivity contribution in [3.8, 4) is 5.75 Å². The molecule has 0 amide bonds. The van der Waals surface area contributed by atoms with Crippen LogP contribution in [0.25, 0.3) is 10.8 Å². The number of rotatable bonds is 1. The van der Waals surface area contributed by atoms with E-state index in [1.807, 2.05) is 36.4 Å². The molecule has 2 nitrogen and oxygen atoms in total. The molecule has 0 saturated heterocycles. The van der Waals surface area contributed by atoms with E-state index in [-0.39, 0.29) is 5.92 Å². The van der Waals surface area contributed by atoms with E-state index in [0.29, 0.717) is 6.61 Å². The first-order valence-corrected chi connectivity index (χ1v) is 7.22. The third kappa shape index (κ3) is 1.99. The summed E-state index contributed by atoms with van der Waals surface area (Å²) in [7, 11) is 0. The Hall–Kier alpha value is -2.32. The average Bonchev–Trinajstić information content (AvgIpc) is 2.55. The molecular formula is C19H16O2. The molecule has 0 fully saturated rings. The number of fused-ring (bicyclic) bond motifs is 3. The summed E-state index contributed by atoms with van der Waals surface area (Å²) in [5, 5.41) is 12.8. The molecule has 1 heterocycles. The van der Waals surface area contributed by atoms with Crippen LogP contribution in [0.1, 0.15) is 17.0 Å². The molecule has 0 aromatic heterocycles. The third-order valence-electron chi connectivity index (χ3n) is 4.19. The third-order valence-corrected chi connectivity index (χ3v) is 4.19. The van der Waals surface area contributed by atoms with E-state index in [0.717, 1.165) is 22.3 Å². The fraction of sp³-hybridized carbons (Fsp3) is 0.158. The number of aliphatic hydroxyl groups excluding tert-OH is 1. The highest BCUT2D eigenvalue weighted by Gasteiger charge is 2.32. The molecule has 0 bridgehead atoms. The average molecular weight is 276 g/mol. The topological polar surface area (TPSA) is 29.5 Å². The van der Waals surface area contributed by atoms with Gasteiger partial charge in [0.1, 0.15) is 12.4 Å². The van der Waals surface area contributed by atoms with Gasteiger partial charge in [0, 0.05) is 11.5 Å². The highest BCUT2D eigenvalue weighted by atomic mass is 16.5. The van der Waals surface area contributed by atoms with Crippen molar-refractivity contribution >= 4 is 10.8 Å². The number of ether oxygens (including phenoxy) is 1. The maximum absolute atomic E-state index is 10.5. The Balaban J connectivity index is 2.00. The second kappa shape index (κ2) is 4.90. The van der Waals surface area contributed by atoms with Crippen LogP contribution in [0.4, 0.5) is 0 Å². The lowest BCUT2D eigenvalue weighted by atomic mass is 9.82. The van der Waals surface area contributed by atoms with E-state index in [4.69, 9.17) is 4.74 Å². The zero-order chi connectivity index (χ0) is 14.2. The Kier molecular flexibility index (Phi) is 2.90. The molecule has 0 saturated carbocycles. The van der Waals surface area contributed by atoms with Crippen LogP contribution in [0.3, 0.4) is 0 Å². The van der Waals surface area contributed by atoms with Gasteiger partial charge < -0.3 is 9.84 Å². The van der Waals surface area contributed by atoms with Crippen molar-refractivity contribution in [2.45, 2.75) is 12.0 Å². The van der Waals surface area contributed by atoms with E-state index < -0.39 is 6.10 Å². The van der Waals surface area contributed by atoms with Gasteiger partial charge in [-0.2, -0.15) is 0 Å². The van der Waals surface area contributed by atoms with Gasteiger partial charge in [0.15, 0.2) is 0 Å². The zero-order valence-corrected chi connectivity index (χ0v) is 11.6. The van der Waals surface area contributed by atoms with Crippen molar-refractivity contribution in [2.75, 3.05) is 6.61 Å². The standard InChI is InChI=1S/C19H16O2/c20-16-12-21-17-11-10-13-6-4-5-9-15(13)19(17)18(16)14-7-2-1-3-8-14/h1-11,16,18,20H,12H2/t16-,18+/m1/s1. The summed E-state index contributed by atoms with van der Waals surface area (Å²) in [5.41, 5.74) is 2.23. The summed E-state index contributed by atoms with van der Waals surface area (Å²) < 4.78 is 5.75. The molecule has 2 heteroatoms. The normalized spacial score (nSPS) is 20.8.